The summed E-state index contributed by atoms with van der Waals surface area (Å²) < 4.78 is 52.8. The molecule has 1 aliphatic rings. The molecule has 25 heavy (non-hydrogen) atoms. The normalized spacial score (nSPS) is 17.4. The van der Waals surface area contributed by atoms with E-state index in [1.54, 1.807) is 24.5 Å². The van der Waals surface area contributed by atoms with Gasteiger partial charge in [-0.3, -0.25) is 9.29 Å². The van der Waals surface area contributed by atoms with Gasteiger partial charge in [-0.15, -0.1) is 0 Å². The smallest absolute Gasteiger partial charge is 0.240 e. The average Bonchev–Trinajstić information content (AvgIpc) is 2.61. The summed E-state index contributed by atoms with van der Waals surface area (Å²) in [6.07, 6.45) is 4.66. The average molecular weight is 381 g/mol. The van der Waals surface area contributed by atoms with Crippen LogP contribution in [0.2, 0.25) is 0 Å². The van der Waals surface area contributed by atoms with Crippen LogP contribution in [0.3, 0.4) is 0 Å². The minimum absolute atomic E-state index is 0.0922. The third-order valence-corrected chi connectivity index (χ3v) is 7.26. The number of hydrogen-bond acceptors (Lipinski definition) is 5. The fourth-order valence-corrected chi connectivity index (χ4v) is 5.29. The number of anilines is 1. The predicted molar refractivity (Wildman–Crippen MR) is 95.1 cm³/mol. The first kappa shape index (κ1) is 17.8. The van der Waals surface area contributed by atoms with Crippen LogP contribution < -0.4 is 9.03 Å². The lowest BCUT2D eigenvalue weighted by atomic mass is 10.3. The number of nitrogens with one attached hydrogen (secondary N) is 1. The third-order valence-electron chi connectivity index (χ3n) is 3.97. The first-order valence-electron chi connectivity index (χ1n) is 7.87. The third kappa shape index (κ3) is 4.17. The van der Waals surface area contributed by atoms with Crippen molar-refractivity contribution >= 4 is 25.7 Å². The van der Waals surface area contributed by atoms with E-state index >= 15 is 0 Å². The van der Waals surface area contributed by atoms with Gasteiger partial charge in [0.05, 0.1) is 16.3 Å². The van der Waals surface area contributed by atoms with Gasteiger partial charge in [-0.25, -0.2) is 21.6 Å². The Hall–Kier alpha value is -1.97. The van der Waals surface area contributed by atoms with Gasteiger partial charge in [-0.2, -0.15) is 0 Å². The number of hydrogen-bond donors (Lipinski definition) is 1. The Bertz CT molecular complexity index is 927. The zero-order valence-electron chi connectivity index (χ0n) is 13.5. The minimum atomic E-state index is -3.68. The van der Waals surface area contributed by atoms with Gasteiger partial charge in [0.25, 0.3) is 0 Å². The molecule has 1 aromatic carbocycles. The lowest BCUT2D eigenvalue weighted by molar-refractivity contribution is 0.574. The standard InChI is InChI=1S/C16H19N3O4S2/c20-24(21)11-2-1-10-19(24)15-5-7-16(8-6-15)25(22,23)18-13-14-4-3-9-17-12-14/h3-9,12,18H,1-2,10-11,13H2. The molecule has 0 radical (unpaired) electrons. The topological polar surface area (TPSA) is 96.4 Å². The zero-order valence-corrected chi connectivity index (χ0v) is 15.1. The number of aromatic nitrogens is 1. The molecule has 2 aromatic rings. The van der Waals surface area contributed by atoms with E-state index in [-0.39, 0.29) is 17.2 Å². The summed E-state index contributed by atoms with van der Waals surface area (Å²) >= 11 is 0. The summed E-state index contributed by atoms with van der Waals surface area (Å²) in [6.45, 7) is 0.562. The van der Waals surface area contributed by atoms with Crippen molar-refractivity contribution in [3.63, 3.8) is 0 Å². The molecule has 1 saturated heterocycles. The van der Waals surface area contributed by atoms with Crippen LogP contribution >= 0.6 is 0 Å². The van der Waals surface area contributed by atoms with Crippen molar-refractivity contribution in [2.24, 2.45) is 0 Å². The van der Waals surface area contributed by atoms with Crippen molar-refractivity contribution in [1.29, 1.82) is 0 Å². The highest BCUT2D eigenvalue weighted by Crippen LogP contribution is 2.24. The monoisotopic (exact) mass is 381 g/mol. The first-order valence-corrected chi connectivity index (χ1v) is 11.0. The maximum absolute atomic E-state index is 12.4. The largest absolute Gasteiger partial charge is 0.270 e. The molecule has 1 N–H and O–H groups in total. The van der Waals surface area contributed by atoms with Crippen LogP contribution in [0, 0.1) is 0 Å². The van der Waals surface area contributed by atoms with Gasteiger partial charge < -0.3 is 0 Å². The van der Waals surface area contributed by atoms with Crippen molar-refractivity contribution in [3.8, 4) is 0 Å². The summed E-state index contributed by atoms with van der Waals surface area (Å²) in [5.74, 6) is 0.125. The maximum Gasteiger partial charge on any atom is 0.240 e. The van der Waals surface area contributed by atoms with Crippen molar-refractivity contribution in [3.05, 3.63) is 54.4 Å². The Morgan fingerprint density at radius 2 is 1.88 bits per heavy atom. The van der Waals surface area contributed by atoms with Crippen LogP contribution in [0.4, 0.5) is 5.69 Å². The Balaban J connectivity index is 1.75. The van der Waals surface area contributed by atoms with Gasteiger partial charge in [0.15, 0.2) is 0 Å². The number of rotatable bonds is 5. The van der Waals surface area contributed by atoms with Crippen LogP contribution in [-0.4, -0.2) is 34.1 Å². The van der Waals surface area contributed by atoms with E-state index in [1.165, 1.54) is 28.6 Å². The SMILES string of the molecule is O=S(=O)(NCc1cccnc1)c1ccc(N2CCCCS2(=O)=O)cc1. The van der Waals surface area contributed by atoms with E-state index in [1.807, 2.05) is 0 Å². The molecular weight excluding hydrogens is 362 g/mol. The molecule has 0 aliphatic carbocycles. The van der Waals surface area contributed by atoms with E-state index in [0.717, 1.165) is 12.0 Å². The number of benzene rings is 1. The number of nitrogens with zero attached hydrogens (tertiary/aromatic N) is 2. The van der Waals surface area contributed by atoms with E-state index in [4.69, 9.17) is 0 Å². The van der Waals surface area contributed by atoms with Crippen molar-refractivity contribution in [2.45, 2.75) is 24.3 Å². The second kappa shape index (κ2) is 7.11. The maximum atomic E-state index is 12.4. The van der Waals surface area contributed by atoms with Crippen molar-refractivity contribution < 1.29 is 16.8 Å². The first-order chi connectivity index (χ1) is 11.9. The summed E-state index contributed by atoms with van der Waals surface area (Å²) in [6, 6.07) is 9.41. The molecule has 1 fully saturated rings. The lowest BCUT2D eigenvalue weighted by Gasteiger charge is -2.28. The van der Waals surface area contributed by atoms with Crippen molar-refractivity contribution in [1.82, 2.24) is 9.71 Å². The molecule has 3 rings (SSSR count). The van der Waals surface area contributed by atoms with Gasteiger partial charge >= 0.3 is 0 Å². The molecule has 0 unspecified atom stereocenters. The van der Waals surface area contributed by atoms with Gasteiger partial charge in [0, 0.05) is 25.5 Å². The van der Waals surface area contributed by atoms with Crippen LogP contribution in [0.15, 0.2) is 53.7 Å². The molecule has 134 valence electrons. The van der Waals surface area contributed by atoms with Crippen LogP contribution in [0.5, 0.6) is 0 Å². The van der Waals surface area contributed by atoms with Gasteiger partial charge in [-0.1, -0.05) is 6.07 Å². The van der Waals surface area contributed by atoms with Crippen LogP contribution in [-0.2, 0) is 26.6 Å². The quantitative estimate of drug-likeness (QED) is 0.846. The van der Waals surface area contributed by atoms with Gasteiger partial charge in [-0.05, 0) is 48.7 Å². The zero-order chi connectivity index (χ0) is 17.9. The highest BCUT2D eigenvalue weighted by atomic mass is 32.2. The molecule has 7 nitrogen and oxygen atoms in total. The van der Waals surface area contributed by atoms with E-state index in [2.05, 4.69) is 9.71 Å². The van der Waals surface area contributed by atoms with Crippen LogP contribution in [0.1, 0.15) is 18.4 Å². The predicted octanol–water partition coefficient (Wildman–Crippen LogP) is 1.49. The molecule has 9 heteroatoms. The molecular formula is C16H19N3O4S2. The van der Waals surface area contributed by atoms with Crippen LogP contribution in [0.25, 0.3) is 0 Å². The molecule has 0 amide bonds. The van der Waals surface area contributed by atoms with E-state index in [9.17, 15) is 16.8 Å². The Kier molecular flexibility index (Phi) is 5.07. The fourth-order valence-electron chi connectivity index (χ4n) is 2.63. The Morgan fingerprint density at radius 1 is 1.12 bits per heavy atom. The molecule has 0 spiro atoms. The minimum Gasteiger partial charge on any atom is -0.270 e. The molecule has 0 saturated carbocycles. The molecule has 0 atom stereocenters. The van der Waals surface area contributed by atoms with Gasteiger partial charge in [0.1, 0.15) is 0 Å². The molecule has 2 heterocycles. The molecule has 0 bridgehead atoms. The van der Waals surface area contributed by atoms with Gasteiger partial charge in [0.2, 0.25) is 20.0 Å². The highest BCUT2D eigenvalue weighted by molar-refractivity contribution is 7.92. The Labute approximate surface area is 147 Å². The van der Waals surface area contributed by atoms with E-state index in [0.29, 0.717) is 18.7 Å². The second-order valence-corrected chi connectivity index (χ2v) is 9.55. The summed E-state index contributed by atoms with van der Waals surface area (Å²) in [5, 5.41) is 0. The number of sulfonamides is 2. The summed E-state index contributed by atoms with van der Waals surface area (Å²) in [5.41, 5.74) is 1.24. The van der Waals surface area contributed by atoms with E-state index < -0.39 is 20.0 Å². The van der Waals surface area contributed by atoms with Crippen molar-refractivity contribution in [2.75, 3.05) is 16.6 Å². The molecule has 1 aliphatic heterocycles. The second-order valence-electron chi connectivity index (χ2n) is 5.77. The number of pyridine rings is 1. The molecule has 1 aromatic heterocycles. The Morgan fingerprint density at radius 3 is 2.52 bits per heavy atom. The summed E-state index contributed by atoms with van der Waals surface area (Å²) in [7, 11) is -6.99. The highest BCUT2D eigenvalue weighted by Gasteiger charge is 2.26. The lowest BCUT2D eigenvalue weighted by Crippen LogP contribution is -2.37. The summed E-state index contributed by atoms with van der Waals surface area (Å²) in [4.78, 5) is 4.03. The fraction of sp³-hybridized carbons (Fsp3) is 0.312.